The van der Waals surface area contributed by atoms with Crippen LogP contribution in [0.25, 0.3) is 38.6 Å². The molecule has 5 aromatic rings. The fourth-order valence-corrected chi connectivity index (χ4v) is 9.30. The Morgan fingerprint density at radius 3 is 2.11 bits per heavy atom. The average molecular weight is 466 g/mol. The molecule has 0 saturated heterocycles. The van der Waals surface area contributed by atoms with Gasteiger partial charge in [0.05, 0.1) is 11.0 Å². The second-order valence-electron chi connectivity index (χ2n) is 12.5. The Labute approximate surface area is 212 Å². The summed E-state index contributed by atoms with van der Waals surface area (Å²) >= 11 is 0. The van der Waals surface area contributed by atoms with E-state index in [-0.39, 0.29) is 0 Å². The van der Waals surface area contributed by atoms with Crippen molar-refractivity contribution in [1.29, 1.82) is 0 Å². The molecule has 0 atom stereocenters. The second-order valence-corrected chi connectivity index (χ2v) is 12.5. The number of rotatable bonds is 2. The second kappa shape index (κ2) is 6.91. The molecule has 5 aliphatic carbocycles. The average Bonchev–Trinajstić information content (AvgIpc) is 3.43. The quantitative estimate of drug-likeness (QED) is 0.241. The van der Waals surface area contributed by atoms with Crippen LogP contribution in [0, 0.1) is 17.8 Å². The number of para-hydroxylation sites is 1. The zero-order valence-electron chi connectivity index (χ0n) is 20.7. The highest BCUT2D eigenvalue weighted by Gasteiger charge is 2.51. The van der Waals surface area contributed by atoms with Gasteiger partial charge in [0.2, 0.25) is 0 Å². The number of benzene rings is 4. The minimum Gasteiger partial charge on any atom is -0.309 e. The van der Waals surface area contributed by atoms with E-state index in [1.165, 1.54) is 88.3 Å². The number of nitrogens with zero attached hydrogens (tertiary/aromatic N) is 1. The van der Waals surface area contributed by atoms with Gasteiger partial charge in [-0.05, 0) is 126 Å². The fraction of sp³-hybridized carbons (Fsp3) is 0.314. The third-order valence-corrected chi connectivity index (χ3v) is 10.4. The summed E-state index contributed by atoms with van der Waals surface area (Å²) in [5.41, 5.74) is 11.7. The number of fused-ring (bicyclic) bond motifs is 6. The van der Waals surface area contributed by atoms with Gasteiger partial charge in [0, 0.05) is 16.5 Å². The zero-order chi connectivity index (χ0) is 23.4. The van der Waals surface area contributed by atoms with Crippen LogP contribution in [0.3, 0.4) is 0 Å². The van der Waals surface area contributed by atoms with Crippen LogP contribution in [0.5, 0.6) is 0 Å². The predicted octanol–water partition coefficient (Wildman–Crippen LogP) is 8.82. The third-order valence-electron chi connectivity index (χ3n) is 10.4. The first-order valence-electron chi connectivity index (χ1n) is 14.0. The van der Waals surface area contributed by atoms with Crippen LogP contribution in [-0.4, -0.2) is 4.57 Å². The van der Waals surface area contributed by atoms with E-state index in [0.29, 0.717) is 5.41 Å². The van der Waals surface area contributed by atoms with Gasteiger partial charge in [0.15, 0.2) is 0 Å². The summed E-state index contributed by atoms with van der Waals surface area (Å²) in [5, 5.41) is 2.82. The Hall–Kier alpha value is -3.32. The Morgan fingerprint density at radius 1 is 0.583 bits per heavy atom. The summed E-state index contributed by atoms with van der Waals surface area (Å²) in [4.78, 5) is 0. The molecular formula is C35H31N. The SMILES string of the molecule is c1ccc2c(c1)Cc1ccc(-n3c4ccccc4c4cc(C56CC7CC(CC(C7)C5)C6)ccc43)cc1-2. The Balaban J connectivity index is 1.24. The van der Waals surface area contributed by atoms with Crippen molar-refractivity contribution in [1.82, 2.24) is 4.57 Å². The minimum absolute atomic E-state index is 0.434. The molecule has 1 aromatic heterocycles. The third kappa shape index (κ3) is 2.61. The van der Waals surface area contributed by atoms with Gasteiger partial charge in [0.25, 0.3) is 0 Å². The molecule has 0 aliphatic heterocycles. The van der Waals surface area contributed by atoms with E-state index in [9.17, 15) is 0 Å². The van der Waals surface area contributed by atoms with Crippen molar-refractivity contribution >= 4 is 21.8 Å². The predicted molar refractivity (Wildman–Crippen MR) is 149 cm³/mol. The van der Waals surface area contributed by atoms with Crippen molar-refractivity contribution in [3.8, 4) is 16.8 Å². The summed E-state index contributed by atoms with van der Waals surface area (Å²) in [6, 6.07) is 32.6. The Kier molecular flexibility index (Phi) is 3.81. The molecule has 1 heterocycles. The smallest absolute Gasteiger partial charge is 0.0541 e. The van der Waals surface area contributed by atoms with Crippen LogP contribution in [0.1, 0.15) is 55.2 Å². The summed E-state index contributed by atoms with van der Waals surface area (Å²) in [6.45, 7) is 0. The van der Waals surface area contributed by atoms with Gasteiger partial charge < -0.3 is 4.57 Å². The van der Waals surface area contributed by atoms with Crippen molar-refractivity contribution in [2.45, 2.75) is 50.4 Å². The van der Waals surface area contributed by atoms with Crippen LogP contribution in [0.4, 0.5) is 0 Å². The molecule has 0 spiro atoms. The topological polar surface area (TPSA) is 4.93 Å². The molecule has 36 heavy (non-hydrogen) atoms. The molecule has 0 unspecified atom stereocenters. The van der Waals surface area contributed by atoms with Crippen LogP contribution in [0.2, 0.25) is 0 Å². The first-order chi connectivity index (χ1) is 17.7. The molecule has 4 saturated carbocycles. The highest BCUT2D eigenvalue weighted by atomic mass is 15.0. The molecule has 5 aliphatic rings. The Morgan fingerprint density at radius 2 is 1.28 bits per heavy atom. The molecule has 1 heteroatoms. The van der Waals surface area contributed by atoms with E-state index < -0.39 is 0 Å². The number of aromatic nitrogens is 1. The lowest BCUT2D eigenvalue weighted by molar-refractivity contribution is -0.00512. The lowest BCUT2D eigenvalue weighted by atomic mass is 9.48. The van der Waals surface area contributed by atoms with Crippen molar-refractivity contribution < 1.29 is 0 Å². The van der Waals surface area contributed by atoms with Crippen LogP contribution < -0.4 is 0 Å². The monoisotopic (exact) mass is 465 g/mol. The largest absolute Gasteiger partial charge is 0.309 e. The zero-order valence-corrected chi connectivity index (χ0v) is 20.7. The molecule has 0 radical (unpaired) electrons. The first-order valence-corrected chi connectivity index (χ1v) is 14.0. The first kappa shape index (κ1) is 19.8. The summed E-state index contributed by atoms with van der Waals surface area (Å²) in [5.74, 6) is 2.92. The number of hydrogen-bond donors (Lipinski definition) is 0. The maximum absolute atomic E-state index is 2.60. The van der Waals surface area contributed by atoms with E-state index in [0.717, 1.165) is 24.2 Å². The van der Waals surface area contributed by atoms with Crippen molar-refractivity contribution in [3.63, 3.8) is 0 Å². The molecule has 1 nitrogen and oxygen atoms in total. The van der Waals surface area contributed by atoms with E-state index in [1.807, 2.05) is 0 Å². The van der Waals surface area contributed by atoms with Gasteiger partial charge in [-0.2, -0.15) is 0 Å². The van der Waals surface area contributed by atoms with Gasteiger partial charge in [-0.25, -0.2) is 0 Å². The molecule has 176 valence electrons. The minimum atomic E-state index is 0.434. The highest BCUT2D eigenvalue weighted by molar-refractivity contribution is 6.09. The molecule has 0 amide bonds. The normalized spacial score (nSPS) is 27.6. The maximum Gasteiger partial charge on any atom is 0.0541 e. The van der Waals surface area contributed by atoms with Gasteiger partial charge in [-0.3, -0.25) is 0 Å². The van der Waals surface area contributed by atoms with Crippen LogP contribution in [-0.2, 0) is 11.8 Å². The van der Waals surface area contributed by atoms with Crippen LogP contribution >= 0.6 is 0 Å². The van der Waals surface area contributed by atoms with Crippen molar-refractivity contribution in [3.05, 3.63) is 102 Å². The lowest BCUT2D eigenvalue weighted by Gasteiger charge is -2.57. The van der Waals surface area contributed by atoms with E-state index in [2.05, 4.69) is 89.5 Å². The highest BCUT2D eigenvalue weighted by Crippen LogP contribution is 2.61. The van der Waals surface area contributed by atoms with E-state index in [1.54, 1.807) is 5.56 Å². The molecule has 4 bridgehead atoms. The van der Waals surface area contributed by atoms with Crippen molar-refractivity contribution in [2.24, 2.45) is 17.8 Å². The van der Waals surface area contributed by atoms with Gasteiger partial charge in [0.1, 0.15) is 0 Å². The van der Waals surface area contributed by atoms with Crippen molar-refractivity contribution in [2.75, 3.05) is 0 Å². The summed E-state index contributed by atoms with van der Waals surface area (Å²) in [6.07, 6.45) is 9.83. The van der Waals surface area contributed by atoms with E-state index in [4.69, 9.17) is 0 Å². The molecular weight excluding hydrogens is 434 g/mol. The van der Waals surface area contributed by atoms with E-state index >= 15 is 0 Å². The fourth-order valence-electron chi connectivity index (χ4n) is 9.30. The summed E-state index contributed by atoms with van der Waals surface area (Å²) in [7, 11) is 0. The molecule has 10 rings (SSSR count). The molecule has 4 aromatic carbocycles. The maximum atomic E-state index is 2.60. The van der Waals surface area contributed by atoms with Gasteiger partial charge in [-0.15, -0.1) is 0 Å². The van der Waals surface area contributed by atoms with Gasteiger partial charge >= 0.3 is 0 Å². The molecule has 4 fully saturated rings. The summed E-state index contributed by atoms with van der Waals surface area (Å²) < 4.78 is 2.51. The molecule has 0 N–H and O–H groups in total. The lowest BCUT2D eigenvalue weighted by Crippen LogP contribution is -2.48. The number of hydrogen-bond acceptors (Lipinski definition) is 0. The standard InChI is InChI=1S/C35H31N/c1-2-6-29-25(5-1)16-26-9-11-28(18-31(26)29)36-33-8-4-3-7-30(33)32-17-27(10-12-34(32)36)35-19-22-13-23(20-35)15-24(14-22)21-35/h1-12,17-18,22-24H,13-16,19-21H2. The van der Waals surface area contributed by atoms with Gasteiger partial charge in [-0.1, -0.05) is 54.6 Å². The van der Waals surface area contributed by atoms with Crippen LogP contribution in [0.15, 0.2) is 84.9 Å². The Bertz CT molecular complexity index is 1660.